The third-order valence-corrected chi connectivity index (χ3v) is 7.14. The molecule has 1 N–H and O–H groups in total. The van der Waals surface area contributed by atoms with Gasteiger partial charge in [0.05, 0.1) is 22.4 Å². The van der Waals surface area contributed by atoms with Gasteiger partial charge in [-0.15, -0.1) is 0 Å². The number of hydrogen-bond acceptors (Lipinski definition) is 5. The highest BCUT2D eigenvalue weighted by atomic mass is 16.1. The lowest BCUT2D eigenvalue weighted by atomic mass is 10.0. The number of piperazine rings is 1. The van der Waals surface area contributed by atoms with Crippen molar-refractivity contribution in [1.29, 1.82) is 0 Å². The maximum Gasteiger partial charge on any atom is 0.251 e. The predicted molar refractivity (Wildman–Crippen MR) is 151 cm³/mol. The molecule has 190 valence electrons. The average molecular weight is 494 g/mol. The van der Waals surface area contributed by atoms with Gasteiger partial charge in [0.15, 0.2) is 0 Å². The third kappa shape index (κ3) is 5.87. The monoisotopic (exact) mass is 493 g/mol. The molecular weight excluding hydrogens is 458 g/mol. The van der Waals surface area contributed by atoms with Gasteiger partial charge in [-0.25, -0.2) is 9.97 Å². The number of fused-ring (bicyclic) bond motifs is 1. The van der Waals surface area contributed by atoms with E-state index in [2.05, 4.69) is 72.3 Å². The van der Waals surface area contributed by atoms with Crippen LogP contribution in [0.5, 0.6) is 0 Å². The van der Waals surface area contributed by atoms with E-state index >= 15 is 0 Å². The molecule has 0 spiro atoms. The summed E-state index contributed by atoms with van der Waals surface area (Å²) >= 11 is 0. The number of benzene rings is 3. The van der Waals surface area contributed by atoms with E-state index in [-0.39, 0.29) is 5.91 Å². The Labute approximate surface area is 219 Å². The minimum atomic E-state index is -0.0734. The van der Waals surface area contributed by atoms with Gasteiger partial charge < -0.3 is 10.2 Å². The Hall–Kier alpha value is -3.61. The van der Waals surface area contributed by atoms with Crippen LogP contribution in [0.1, 0.15) is 28.4 Å². The summed E-state index contributed by atoms with van der Waals surface area (Å²) in [4.78, 5) is 27.9. The van der Waals surface area contributed by atoms with Gasteiger partial charge in [-0.1, -0.05) is 54.4 Å². The predicted octanol–water partition coefficient (Wildman–Crippen LogP) is 4.95. The second kappa shape index (κ2) is 11.2. The maximum atomic E-state index is 13.0. The molecule has 3 aromatic carbocycles. The van der Waals surface area contributed by atoms with Gasteiger partial charge in [-0.2, -0.15) is 0 Å². The van der Waals surface area contributed by atoms with E-state index in [1.54, 1.807) is 0 Å². The van der Waals surface area contributed by atoms with Crippen LogP contribution in [-0.4, -0.2) is 71.5 Å². The molecule has 1 aliphatic heterocycles. The molecule has 0 saturated carbocycles. The van der Waals surface area contributed by atoms with Crippen LogP contribution in [0, 0.1) is 13.8 Å². The summed E-state index contributed by atoms with van der Waals surface area (Å²) in [6, 6.07) is 22.3. The molecule has 37 heavy (non-hydrogen) atoms. The fourth-order valence-electron chi connectivity index (χ4n) is 4.94. The SMILES string of the molecule is CCN1CCN(CCNC(=O)c2ccc3nc(-c4cccc(C)c4)c(-c4cccc(C)c4)nc3c2)CC1. The Bertz CT molecular complexity index is 1410. The smallest absolute Gasteiger partial charge is 0.251 e. The van der Waals surface area contributed by atoms with Gasteiger partial charge >= 0.3 is 0 Å². The van der Waals surface area contributed by atoms with Crippen LogP contribution in [0.4, 0.5) is 0 Å². The molecule has 0 unspecified atom stereocenters. The first-order valence-corrected chi connectivity index (χ1v) is 13.2. The van der Waals surface area contributed by atoms with Crippen LogP contribution in [0.25, 0.3) is 33.5 Å². The van der Waals surface area contributed by atoms with Crippen molar-refractivity contribution in [2.75, 3.05) is 45.8 Å². The molecule has 6 heteroatoms. The van der Waals surface area contributed by atoms with Crippen LogP contribution in [0.2, 0.25) is 0 Å². The van der Waals surface area contributed by atoms with E-state index in [0.717, 1.165) is 72.8 Å². The molecule has 1 fully saturated rings. The fourth-order valence-corrected chi connectivity index (χ4v) is 4.94. The summed E-state index contributed by atoms with van der Waals surface area (Å²) in [5, 5.41) is 3.09. The lowest BCUT2D eigenvalue weighted by Crippen LogP contribution is -2.48. The molecule has 6 nitrogen and oxygen atoms in total. The molecule has 1 aromatic heterocycles. The van der Waals surface area contributed by atoms with Crippen molar-refractivity contribution in [3.63, 3.8) is 0 Å². The Morgan fingerprint density at radius 3 is 1.97 bits per heavy atom. The van der Waals surface area contributed by atoms with Crippen LogP contribution >= 0.6 is 0 Å². The van der Waals surface area contributed by atoms with Crippen molar-refractivity contribution in [3.8, 4) is 22.5 Å². The average Bonchev–Trinajstić information content (AvgIpc) is 2.92. The van der Waals surface area contributed by atoms with E-state index < -0.39 is 0 Å². The topological polar surface area (TPSA) is 61.4 Å². The zero-order valence-electron chi connectivity index (χ0n) is 22.0. The summed E-state index contributed by atoms with van der Waals surface area (Å²) in [6.07, 6.45) is 0. The van der Waals surface area contributed by atoms with Gasteiger partial charge in [0.25, 0.3) is 5.91 Å². The summed E-state index contributed by atoms with van der Waals surface area (Å²) in [7, 11) is 0. The molecule has 2 heterocycles. The number of hydrogen-bond donors (Lipinski definition) is 1. The number of carbonyl (C=O) groups excluding carboxylic acids is 1. The standard InChI is InChI=1S/C31H35N5O/c1-4-35-15-17-36(18-16-35)14-13-32-31(37)26-11-12-27-28(21-26)34-30(25-10-6-8-23(3)20-25)29(33-27)24-9-5-7-22(2)19-24/h5-12,19-21H,4,13-18H2,1-3H3,(H,32,37). The van der Waals surface area contributed by atoms with Crippen LogP contribution in [-0.2, 0) is 0 Å². The molecule has 0 aliphatic carbocycles. The molecule has 0 bridgehead atoms. The van der Waals surface area contributed by atoms with Crippen LogP contribution in [0.15, 0.2) is 66.7 Å². The third-order valence-electron chi connectivity index (χ3n) is 7.14. The van der Waals surface area contributed by atoms with E-state index in [4.69, 9.17) is 9.97 Å². The minimum Gasteiger partial charge on any atom is -0.351 e. The van der Waals surface area contributed by atoms with Crippen molar-refractivity contribution in [1.82, 2.24) is 25.1 Å². The number of aryl methyl sites for hydroxylation is 2. The molecular formula is C31H35N5O. The van der Waals surface area contributed by atoms with Crippen molar-refractivity contribution in [2.45, 2.75) is 20.8 Å². The maximum absolute atomic E-state index is 13.0. The van der Waals surface area contributed by atoms with Gasteiger partial charge in [-0.05, 0) is 50.7 Å². The Morgan fingerprint density at radius 1 is 0.784 bits per heavy atom. The van der Waals surface area contributed by atoms with E-state index in [1.165, 1.54) is 11.1 Å². The first-order valence-electron chi connectivity index (χ1n) is 13.2. The Balaban J connectivity index is 1.40. The number of aromatic nitrogens is 2. The van der Waals surface area contributed by atoms with Crippen LogP contribution in [0.3, 0.4) is 0 Å². The molecule has 5 rings (SSSR count). The zero-order valence-corrected chi connectivity index (χ0v) is 22.0. The highest BCUT2D eigenvalue weighted by Gasteiger charge is 2.17. The molecule has 0 atom stereocenters. The molecule has 1 amide bonds. The second-order valence-electron chi connectivity index (χ2n) is 9.90. The first-order chi connectivity index (χ1) is 18.0. The van der Waals surface area contributed by atoms with Crippen molar-refractivity contribution < 1.29 is 4.79 Å². The zero-order chi connectivity index (χ0) is 25.8. The summed E-state index contributed by atoms with van der Waals surface area (Å²) in [6.45, 7) is 13.3. The number of nitrogens with zero attached hydrogens (tertiary/aromatic N) is 4. The highest BCUT2D eigenvalue weighted by molar-refractivity contribution is 5.98. The summed E-state index contributed by atoms with van der Waals surface area (Å²) in [5.74, 6) is -0.0734. The fraction of sp³-hybridized carbons (Fsp3) is 0.323. The summed E-state index contributed by atoms with van der Waals surface area (Å²) in [5.41, 5.74) is 8.17. The molecule has 4 aromatic rings. The first kappa shape index (κ1) is 25.1. The summed E-state index contributed by atoms with van der Waals surface area (Å²) < 4.78 is 0. The normalized spacial score (nSPS) is 14.7. The number of amides is 1. The van der Waals surface area contributed by atoms with E-state index in [1.807, 2.05) is 30.3 Å². The largest absolute Gasteiger partial charge is 0.351 e. The van der Waals surface area contributed by atoms with Gasteiger partial charge in [-0.3, -0.25) is 9.69 Å². The Kier molecular flexibility index (Phi) is 7.58. The minimum absolute atomic E-state index is 0.0734. The van der Waals surface area contributed by atoms with Gasteiger partial charge in [0.2, 0.25) is 0 Å². The van der Waals surface area contributed by atoms with Crippen LogP contribution < -0.4 is 5.32 Å². The number of nitrogens with one attached hydrogen (secondary N) is 1. The van der Waals surface area contributed by atoms with E-state index in [0.29, 0.717) is 12.1 Å². The Morgan fingerprint density at radius 2 is 1.38 bits per heavy atom. The lowest BCUT2D eigenvalue weighted by molar-refractivity contribution is 0.0938. The molecule has 1 saturated heterocycles. The second-order valence-corrected chi connectivity index (χ2v) is 9.90. The molecule has 0 radical (unpaired) electrons. The van der Waals surface area contributed by atoms with Crippen molar-refractivity contribution in [2.24, 2.45) is 0 Å². The number of rotatable bonds is 7. The van der Waals surface area contributed by atoms with E-state index in [9.17, 15) is 4.79 Å². The van der Waals surface area contributed by atoms with Crippen molar-refractivity contribution >= 4 is 16.9 Å². The van der Waals surface area contributed by atoms with Gasteiger partial charge in [0, 0.05) is 56.0 Å². The number of likely N-dealkylation sites (N-methyl/N-ethyl adjacent to an activating group) is 1. The lowest BCUT2D eigenvalue weighted by Gasteiger charge is -2.33. The highest BCUT2D eigenvalue weighted by Crippen LogP contribution is 2.32. The van der Waals surface area contributed by atoms with Gasteiger partial charge in [0.1, 0.15) is 0 Å². The molecule has 1 aliphatic rings. The van der Waals surface area contributed by atoms with Crippen molar-refractivity contribution in [3.05, 3.63) is 83.4 Å². The quantitative estimate of drug-likeness (QED) is 0.395. The number of carbonyl (C=O) groups is 1.